The molecule has 8 nitrogen and oxygen atoms in total. The molecule has 1 aliphatic rings. The van der Waals surface area contributed by atoms with Crippen molar-refractivity contribution in [3.8, 4) is 11.5 Å². The van der Waals surface area contributed by atoms with Gasteiger partial charge in [-0.1, -0.05) is 12.5 Å². The molecule has 0 saturated heterocycles. The number of ether oxygens (including phenoxy) is 1. The van der Waals surface area contributed by atoms with Gasteiger partial charge in [0.2, 0.25) is 0 Å². The Hall–Kier alpha value is -3.20. The lowest BCUT2D eigenvalue weighted by atomic mass is 10.1. The number of aromatic nitrogens is 2. The molecule has 9 heteroatoms. The predicted octanol–water partition coefficient (Wildman–Crippen LogP) is 3.41. The summed E-state index contributed by atoms with van der Waals surface area (Å²) in [6.07, 6.45) is 8.38. The summed E-state index contributed by atoms with van der Waals surface area (Å²) in [5.74, 6) is -0.535. The second-order valence-electron chi connectivity index (χ2n) is 6.86. The maximum Gasteiger partial charge on any atom is 0.266 e. The van der Waals surface area contributed by atoms with Crippen molar-refractivity contribution in [1.82, 2.24) is 9.97 Å². The van der Waals surface area contributed by atoms with Gasteiger partial charge >= 0.3 is 0 Å². The van der Waals surface area contributed by atoms with Gasteiger partial charge in [0.05, 0.1) is 17.4 Å². The molecule has 1 aliphatic carbocycles. The first kappa shape index (κ1) is 19.1. The zero-order valence-corrected chi connectivity index (χ0v) is 16.5. The van der Waals surface area contributed by atoms with E-state index in [1.165, 1.54) is 30.5 Å². The van der Waals surface area contributed by atoms with E-state index >= 15 is 0 Å². The summed E-state index contributed by atoms with van der Waals surface area (Å²) in [5.41, 5.74) is 0.784. The van der Waals surface area contributed by atoms with Crippen LogP contribution in [-0.2, 0) is 12.8 Å². The molecule has 4 rings (SSSR count). The van der Waals surface area contributed by atoms with Crippen LogP contribution in [0.15, 0.2) is 16.9 Å². The van der Waals surface area contributed by atoms with E-state index in [-0.39, 0.29) is 11.3 Å². The van der Waals surface area contributed by atoms with Gasteiger partial charge in [0.1, 0.15) is 16.4 Å². The molecule has 0 aliphatic heterocycles. The van der Waals surface area contributed by atoms with Crippen molar-refractivity contribution in [1.29, 1.82) is 0 Å². The van der Waals surface area contributed by atoms with Gasteiger partial charge in [0, 0.05) is 16.7 Å². The molecule has 0 fully saturated rings. The Balaban J connectivity index is 1.73. The predicted molar refractivity (Wildman–Crippen MR) is 110 cm³/mol. The van der Waals surface area contributed by atoms with Crippen molar-refractivity contribution in [3.05, 3.63) is 54.4 Å². The van der Waals surface area contributed by atoms with Crippen molar-refractivity contribution in [2.24, 2.45) is 0 Å². The van der Waals surface area contributed by atoms with Crippen LogP contribution in [-0.4, -0.2) is 22.0 Å². The third-order valence-corrected chi connectivity index (χ3v) is 6.19. The van der Waals surface area contributed by atoms with Crippen LogP contribution in [0.5, 0.6) is 11.5 Å². The molecule has 0 spiro atoms. The van der Waals surface area contributed by atoms with E-state index in [2.05, 4.69) is 9.97 Å². The maximum atomic E-state index is 12.7. The van der Waals surface area contributed by atoms with Crippen LogP contribution in [0.25, 0.3) is 22.4 Å². The van der Waals surface area contributed by atoms with Gasteiger partial charge in [0.15, 0.2) is 0 Å². The molecule has 2 heterocycles. The average Bonchev–Trinajstić information content (AvgIpc) is 2.88. The van der Waals surface area contributed by atoms with Crippen LogP contribution in [0.3, 0.4) is 0 Å². The zero-order chi connectivity index (χ0) is 20.5. The second kappa shape index (κ2) is 7.67. The quantitative estimate of drug-likeness (QED) is 0.398. The summed E-state index contributed by atoms with van der Waals surface area (Å²) in [7, 11) is 1.28. The molecular formula is C20H18N3O5S-. The Morgan fingerprint density at radius 1 is 1.24 bits per heavy atom. The number of aryl methyl sites for hydroxylation is 2. The number of rotatable bonds is 4. The minimum atomic E-state index is -0.775. The standard InChI is InChI=1S/C20H19N3O5S/c1-28-14-10-11(9-13(18(14)24)23(26)27)7-8-16-21-19(25)17-12-5-3-2-4-6-15(12)29-20(17)22-16/h7-10,24H,2-6H2,1H3,(H,21,22,25)/p-1/b8-7+. The first-order chi connectivity index (χ1) is 14.0. The van der Waals surface area contributed by atoms with Gasteiger partial charge in [0.25, 0.3) is 11.2 Å². The van der Waals surface area contributed by atoms with Crippen molar-refractivity contribution < 1.29 is 14.8 Å². The topological polar surface area (TPSA) is 121 Å². The third-order valence-electron chi connectivity index (χ3n) is 5.00. The molecule has 0 bridgehead atoms. The number of thiophene rings is 1. The van der Waals surface area contributed by atoms with E-state index in [9.17, 15) is 20.0 Å². The minimum absolute atomic E-state index is 0.113. The molecular weight excluding hydrogens is 394 g/mol. The highest BCUT2D eigenvalue weighted by Gasteiger charge is 2.18. The summed E-state index contributed by atoms with van der Waals surface area (Å²) in [5, 5.41) is 23.7. The van der Waals surface area contributed by atoms with E-state index in [1.54, 1.807) is 23.5 Å². The Kier molecular flexibility index (Phi) is 5.06. The van der Waals surface area contributed by atoms with Crippen molar-refractivity contribution in [2.45, 2.75) is 32.1 Å². The number of nitrogens with zero attached hydrogens (tertiary/aromatic N) is 2. The van der Waals surface area contributed by atoms with E-state index in [4.69, 9.17) is 4.74 Å². The Bertz CT molecular complexity index is 1200. The van der Waals surface area contributed by atoms with Crippen LogP contribution < -0.4 is 15.4 Å². The van der Waals surface area contributed by atoms with Crippen molar-refractivity contribution in [2.75, 3.05) is 7.11 Å². The number of fused-ring (bicyclic) bond motifs is 3. The number of hydrogen-bond donors (Lipinski definition) is 1. The summed E-state index contributed by atoms with van der Waals surface area (Å²) in [6, 6.07) is 2.58. The van der Waals surface area contributed by atoms with Crippen LogP contribution in [0, 0.1) is 10.1 Å². The number of methoxy groups -OCH3 is 1. The van der Waals surface area contributed by atoms with E-state index in [0.717, 1.165) is 31.2 Å². The smallest absolute Gasteiger partial charge is 0.266 e. The SMILES string of the molecule is COc1cc(/C=C/c2nc3sc4c(c3c(=O)[nH]2)CCCCC4)cc([N+](=O)[O-])c1[O-]. The van der Waals surface area contributed by atoms with Crippen LogP contribution >= 0.6 is 11.3 Å². The lowest BCUT2D eigenvalue weighted by Gasteiger charge is -2.13. The van der Waals surface area contributed by atoms with Gasteiger partial charge in [-0.3, -0.25) is 14.9 Å². The number of aromatic amines is 1. The van der Waals surface area contributed by atoms with Gasteiger partial charge in [-0.15, -0.1) is 11.3 Å². The normalized spacial score (nSPS) is 14.1. The molecule has 0 saturated carbocycles. The van der Waals surface area contributed by atoms with Gasteiger partial charge in [-0.05, 0) is 49.0 Å². The molecule has 1 aromatic carbocycles. The maximum absolute atomic E-state index is 12.7. The largest absolute Gasteiger partial charge is 0.865 e. The summed E-state index contributed by atoms with van der Waals surface area (Å²) >= 11 is 1.56. The Labute approximate surface area is 169 Å². The molecule has 0 unspecified atom stereocenters. The summed E-state index contributed by atoms with van der Waals surface area (Å²) < 4.78 is 4.94. The number of nitro benzene ring substituents is 1. The fourth-order valence-corrected chi connectivity index (χ4v) is 4.87. The fourth-order valence-electron chi connectivity index (χ4n) is 3.60. The highest BCUT2D eigenvalue weighted by atomic mass is 32.1. The first-order valence-electron chi connectivity index (χ1n) is 9.24. The lowest BCUT2D eigenvalue weighted by molar-refractivity contribution is -0.398. The molecule has 1 N–H and O–H groups in total. The van der Waals surface area contributed by atoms with Crippen LogP contribution in [0.4, 0.5) is 5.69 Å². The number of nitro groups is 1. The summed E-state index contributed by atoms with van der Waals surface area (Å²) in [4.78, 5) is 32.3. The molecule has 0 radical (unpaired) electrons. The van der Waals surface area contributed by atoms with Crippen LogP contribution in [0.2, 0.25) is 0 Å². The number of H-pyrrole nitrogens is 1. The molecule has 150 valence electrons. The fraction of sp³-hybridized carbons (Fsp3) is 0.300. The molecule has 29 heavy (non-hydrogen) atoms. The van der Waals surface area contributed by atoms with Gasteiger partial charge < -0.3 is 14.8 Å². The highest BCUT2D eigenvalue weighted by Crippen LogP contribution is 2.35. The Morgan fingerprint density at radius 3 is 2.79 bits per heavy atom. The van der Waals surface area contributed by atoms with E-state index in [0.29, 0.717) is 21.6 Å². The van der Waals surface area contributed by atoms with Crippen molar-refractivity contribution in [3.63, 3.8) is 0 Å². The number of nitrogens with one attached hydrogen (secondary N) is 1. The second-order valence-corrected chi connectivity index (χ2v) is 7.94. The molecule has 0 amide bonds. The van der Waals surface area contributed by atoms with Crippen molar-refractivity contribution >= 4 is 39.4 Å². The first-order valence-corrected chi connectivity index (χ1v) is 10.1. The van der Waals surface area contributed by atoms with E-state index in [1.807, 2.05) is 0 Å². The summed E-state index contributed by atoms with van der Waals surface area (Å²) in [6.45, 7) is 0. The minimum Gasteiger partial charge on any atom is -0.865 e. The molecule has 2 aromatic heterocycles. The highest BCUT2D eigenvalue weighted by molar-refractivity contribution is 7.18. The Morgan fingerprint density at radius 2 is 2.03 bits per heavy atom. The average molecular weight is 412 g/mol. The van der Waals surface area contributed by atoms with E-state index < -0.39 is 16.4 Å². The number of benzene rings is 1. The third kappa shape index (κ3) is 3.61. The molecule has 3 aromatic rings. The van der Waals surface area contributed by atoms with Gasteiger partial charge in [-0.25, -0.2) is 4.98 Å². The number of hydrogen-bond acceptors (Lipinski definition) is 7. The zero-order valence-electron chi connectivity index (χ0n) is 15.7. The monoisotopic (exact) mass is 412 g/mol. The van der Waals surface area contributed by atoms with Crippen LogP contribution in [0.1, 0.15) is 41.1 Å². The lowest BCUT2D eigenvalue weighted by Crippen LogP contribution is -2.10. The molecule has 0 atom stereocenters. The van der Waals surface area contributed by atoms with Gasteiger partial charge in [-0.2, -0.15) is 0 Å².